The first-order valence-corrected chi connectivity index (χ1v) is 37.1. The molecule has 492 valence electrons. The van der Waals surface area contributed by atoms with E-state index in [0.29, 0.717) is 60.5 Å². The van der Waals surface area contributed by atoms with E-state index in [2.05, 4.69) is 52.3 Å². The summed E-state index contributed by atoms with van der Waals surface area (Å²) in [4.78, 5) is 73.9. The fourth-order valence-corrected chi connectivity index (χ4v) is 18.3. The minimum absolute atomic E-state index is 0.00201. The molecule has 98 heavy (non-hydrogen) atoms. The van der Waals surface area contributed by atoms with Crippen molar-refractivity contribution in [3.63, 3.8) is 0 Å². The summed E-state index contributed by atoms with van der Waals surface area (Å²) >= 11 is 20.9. The third-order valence-corrected chi connectivity index (χ3v) is 22.7. The van der Waals surface area contributed by atoms with Gasteiger partial charge in [0.1, 0.15) is 44.4 Å². The van der Waals surface area contributed by atoms with E-state index in [1.165, 1.54) is 46.2 Å². The topological polar surface area (TPSA) is 161 Å². The SMILES string of the molecule is CC(C)(C)OC(=O)NCCSCc1c(C2=C(C(=S)OC(c3ccccc3)c3ccccc3)N3C(=O)C(NC(=O)C(=NOC(c4ccccc4)(c4ccccc4)c4ccccc4)c4nc(NC(c5ccccc5)(c5ccccc5)c5ccccc5)sc4Cl)[C@H]3SC2)sc2ccsc2c1=O. The number of rotatable bonds is 23. The number of β-lactam (4-membered cyclic amide) rings is 1. The quantitative estimate of drug-likeness (QED) is 0.0139. The zero-order valence-electron chi connectivity index (χ0n) is 53.3. The summed E-state index contributed by atoms with van der Waals surface area (Å²) in [5.74, 6) is -0.283. The molecule has 11 aromatic rings. The molecule has 2 aliphatic heterocycles. The highest BCUT2D eigenvalue weighted by atomic mass is 35.5. The molecular weight excluding hydrogens is 1360 g/mol. The molecule has 5 heterocycles. The van der Waals surface area contributed by atoms with Gasteiger partial charge in [-0.2, -0.15) is 11.8 Å². The predicted molar refractivity (Wildman–Crippen MR) is 404 cm³/mol. The van der Waals surface area contributed by atoms with Crippen LogP contribution in [0.4, 0.5) is 9.93 Å². The Hall–Kier alpha value is -9.18. The number of thiophene rings is 1. The number of carbonyl (C=O) groups is 3. The van der Waals surface area contributed by atoms with Gasteiger partial charge < -0.3 is 30.3 Å². The van der Waals surface area contributed by atoms with Crippen molar-refractivity contribution >= 4 is 130 Å². The maximum Gasteiger partial charge on any atom is 0.407 e. The lowest BCUT2D eigenvalue weighted by molar-refractivity contribution is -0.144. The first-order chi connectivity index (χ1) is 47.7. The normalized spacial score (nSPS) is 14.9. The minimum Gasteiger partial charge on any atom is -0.469 e. The molecule has 8 aromatic carbocycles. The maximum absolute atomic E-state index is 16.0. The van der Waals surface area contributed by atoms with Gasteiger partial charge in [0.15, 0.2) is 10.8 Å². The van der Waals surface area contributed by atoms with E-state index >= 15 is 9.59 Å². The number of hydrogen-bond donors (Lipinski definition) is 3. The minimum atomic E-state index is -1.46. The smallest absolute Gasteiger partial charge is 0.407 e. The average Bonchev–Trinajstić information content (AvgIpc) is 0.996. The molecule has 0 spiro atoms. The van der Waals surface area contributed by atoms with Gasteiger partial charge in [0, 0.05) is 61.2 Å². The lowest BCUT2D eigenvalue weighted by Crippen LogP contribution is -2.71. The lowest BCUT2D eigenvalue weighted by Gasteiger charge is -2.50. The van der Waals surface area contributed by atoms with Gasteiger partial charge >= 0.3 is 6.09 Å². The van der Waals surface area contributed by atoms with Crippen molar-refractivity contribution in [2.24, 2.45) is 5.16 Å². The highest BCUT2D eigenvalue weighted by Gasteiger charge is 2.55. The van der Waals surface area contributed by atoms with Crippen LogP contribution in [-0.2, 0) is 40.8 Å². The van der Waals surface area contributed by atoms with Crippen LogP contribution in [0.3, 0.4) is 0 Å². The average molecular weight is 1430 g/mol. The number of carbonyl (C=O) groups excluding carboxylic acids is 3. The summed E-state index contributed by atoms with van der Waals surface area (Å²) in [5, 5.41) is 16.3. The van der Waals surface area contributed by atoms with Crippen LogP contribution in [-0.4, -0.2) is 73.6 Å². The highest BCUT2D eigenvalue weighted by Crippen LogP contribution is 2.49. The number of nitrogens with zero attached hydrogens (tertiary/aromatic N) is 3. The number of benzene rings is 8. The monoisotopic (exact) mass is 1420 g/mol. The molecule has 1 fully saturated rings. The van der Waals surface area contributed by atoms with Gasteiger partial charge in [-0.25, -0.2) is 9.78 Å². The number of fused-ring (bicyclic) bond motifs is 2. The Morgan fingerprint density at radius 2 is 1.17 bits per heavy atom. The Kier molecular flexibility index (Phi) is 20.6. The van der Waals surface area contributed by atoms with Crippen LogP contribution in [0.15, 0.2) is 270 Å². The number of ether oxygens (including phenoxy) is 2. The zero-order chi connectivity index (χ0) is 67.8. The van der Waals surface area contributed by atoms with Crippen molar-refractivity contribution in [1.82, 2.24) is 20.5 Å². The Morgan fingerprint density at radius 1 is 0.684 bits per heavy atom. The highest BCUT2D eigenvalue weighted by molar-refractivity contribution is 8.00. The van der Waals surface area contributed by atoms with Gasteiger partial charge in [-0.1, -0.05) is 271 Å². The summed E-state index contributed by atoms with van der Waals surface area (Å²) in [7, 11) is 0. The summed E-state index contributed by atoms with van der Waals surface area (Å²) in [6, 6.07) is 79.4. The molecule has 0 aliphatic carbocycles. The molecule has 0 radical (unpaired) electrons. The number of anilines is 1. The fourth-order valence-electron chi connectivity index (χ4n) is 12.2. The molecule has 3 N–H and O–H groups in total. The van der Waals surface area contributed by atoms with Gasteiger partial charge in [-0.05, 0) is 72.3 Å². The number of nitrogens with one attached hydrogen (secondary N) is 3. The summed E-state index contributed by atoms with van der Waals surface area (Å²) in [6.45, 7) is 5.71. The Bertz CT molecular complexity index is 4540. The van der Waals surface area contributed by atoms with Gasteiger partial charge in [0.05, 0.1) is 4.70 Å². The first-order valence-electron chi connectivity index (χ1n) is 31.6. The molecule has 13 nitrogen and oxygen atoms in total. The van der Waals surface area contributed by atoms with Crippen molar-refractivity contribution in [3.05, 3.63) is 335 Å². The molecule has 2 atom stereocenters. The van der Waals surface area contributed by atoms with Crippen LogP contribution in [0.25, 0.3) is 15.0 Å². The number of halogens is 1. The number of oxime groups is 1. The lowest BCUT2D eigenvalue weighted by atomic mass is 9.77. The third-order valence-electron chi connectivity index (χ3n) is 16.7. The van der Waals surface area contributed by atoms with Crippen molar-refractivity contribution in [1.29, 1.82) is 0 Å². The zero-order valence-corrected chi connectivity index (χ0v) is 59.0. The number of aromatic nitrogens is 1. The van der Waals surface area contributed by atoms with Gasteiger partial charge in [0.2, 0.25) is 16.1 Å². The van der Waals surface area contributed by atoms with Crippen molar-refractivity contribution in [3.8, 4) is 0 Å². The molecule has 13 rings (SSSR count). The third kappa shape index (κ3) is 14.0. The van der Waals surface area contributed by atoms with Crippen LogP contribution in [0.2, 0.25) is 4.34 Å². The van der Waals surface area contributed by atoms with E-state index < -0.39 is 52.2 Å². The summed E-state index contributed by atoms with van der Waals surface area (Å²) < 4.78 is 14.0. The van der Waals surface area contributed by atoms with Crippen LogP contribution in [0.5, 0.6) is 0 Å². The van der Waals surface area contributed by atoms with Crippen molar-refractivity contribution in [2.75, 3.05) is 23.4 Å². The number of thiazole rings is 1. The number of thiocarbonyl (C=S) groups is 1. The summed E-state index contributed by atoms with van der Waals surface area (Å²) in [5.41, 5.74) is 4.38. The number of amides is 3. The Labute approximate surface area is 599 Å². The van der Waals surface area contributed by atoms with E-state index in [1.54, 1.807) is 25.7 Å². The van der Waals surface area contributed by atoms with E-state index in [0.717, 1.165) is 43.9 Å². The molecule has 0 bridgehead atoms. The van der Waals surface area contributed by atoms with Gasteiger partial charge in [0.25, 0.3) is 11.8 Å². The van der Waals surface area contributed by atoms with Gasteiger partial charge in [-0.3, -0.25) is 19.3 Å². The molecule has 2 aliphatic rings. The van der Waals surface area contributed by atoms with E-state index in [1.807, 2.05) is 218 Å². The molecule has 0 saturated carbocycles. The van der Waals surface area contributed by atoms with Crippen LogP contribution in [0, 0.1) is 0 Å². The number of alkyl carbamates (subject to hydrolysis) is 1. The maximum atomic E-state index is 16.0. The first kappa shape index (κ1) is 67.4. The predicted octanol–water partition coefficient (Wildman–Crippen LogP) is 17.3. The second-order valence-electron chi connectivity index (χ2n) is 24.1. The van der Waals surface area contributed by atoms with Crippen LogP contribution < -0.4 is 21.4 Å². The Balaban J connectivity index is 0.914. The molecule has 3 amide bonds. The second kappa shape index (κ2) is 29.9. The van der Waals surface area contributed by atoms with Crippen molar-refractivity contribution in [2.45, 2.75) is 60.8 Å². The van der Waals surface area contributed by atoms with Crippen molar-refractivity contribution < 1.29 is 28.7 Å². The number of hydrogen-bond acceptors (Lipinski definition) is 16. The molecule has 1 saturated heterocycles. The second-order valence-corrected chi connectivity index (χ2v) is 30.2. The molecule has 3 aromatic heterocycles. The molecule has 20 heteroatoms. The molecule has 1 unspecified atom stereocenters. The van der Waals surface area contributed by atoms with Gasteiger partial charge in [-0.15, -0.1) is 34.4 Å². The largest absolute Gasteiger partial charge is 0.469 e. The summed E-state index contributed by atoms with van der Waals surface area (Å²) in [6.07, 6.45) is -1.24. The van der Waals surface area contributed by atoms with E-state index in [9.17, 15) is 9.59 Å². The number of thioether (sulfide) groups is 2. The fraction of sp³-hybridized carbons (Fsp3) is 0.167. The standard InChI is InChI=1S/C78H65ClN6O7S6/c1-76(2,3)91-75(89)80-45-47-94-48-59-65(86)68-60(44-46-95-68)97-67(59)58-49-96-72-63(71(88)85(72)64(58)73(93)90-66(50-28-12-4-13-29-50)51-30-14-5-15-31-51)81-70(87)62(84-92-78(55-38-22-9-23-39-55,56-40-24-10-25-41-56)57-42-26-11-27-43-57)61-69(79)98-74(82-61)83-77(52-32-16-6-17-33-52,53-34-18-7-19-35-53)54-36-20-8-21-37-54/h4-44,46,63,66,72H,45,47-49H2,1-3H3,(H,80,89)(H,81,87)(H,82,83)/t63?,72-/m1/s1. The van der Waals surface area contributed by atoms with E-state index in [4.69, 9.17) is 48.3 Å². The van der Waals surface area contributed by atoms with Crippen LogP contribution >= 0.6 is 81.4 Å². The molecular formula is C78H65ClN6O7S6. The van der Waals surface area contributed by atoms with Crippen LogP contribution in [0.1, 0.15) is 87.5 Å². The Morgan fingerprint density at radius 3 is 1.67 bits per heavy atom. The van der Waals surface area contributed by atoms with E-state index in [-0.39, 0.29) is 37.7 Å².